The van der Waals surface area contributed by atoms with E-state index in [1.807, 2.05) is 18.2 Å². The lowest BCUT2D eigenvalue weighted by Crippen LogP contribution is -2.35. The molecule has 1 aromatic heterocycles. The van der Waals surface area contributed by atoms with Crippen molar-refractivity contribution in [1.82, 2.24) is 4.98 Å². The zero-order valence-corrected chi connectivity index (χ0v) is 12.2. The molecular weight excluding hydrogens is 254 g/mol. The van der Waals surface area contributed by atoms with Crippen molar-refractivity contribution in [2.45, 2.75) is 38.5 Å². The van der Waals surface area contributed by atoms with Crippen LogP contribution in [0.25, 0.3) is 0 Å². The predicted octanol–water partition coefficient (Wildman–Crippen LogP) is 4.01. The summed E-state index contributed by atoms with van der Waals surface area (Å²) >= 11 is 1.55. The Labute approximate surface area is 118 Å². The van der Waals surface area contributed by atoms with E-state index in [2.05, 4.69) is 31.0 Å². The van der Waals surface area contributed by atoms with Gasteiger partial charge in [-0.3, -0.25) is 9.78 Å². The van der Waals surface area contributed by atoms with Gasteiger partial charge in [-0.1, -0.05) is 44.2 Å². The molecule has 1 aromatic carbocycles. The van der Waals surface area contributed by atoms with Crippen LogP contribution in [-0.4, -0.2) is 10.8 Å². The minimum atomic E-state index is -0.356. The molecule has 0 unspecified atom stereocenters. The van der Waals surface area contributed by atoms with Gasteiger partial charge in [-0.25, -0.2) is 0 Å². The van der Waals surface area contributed by atoms with Gasteiger partial charge in [-0.2, -0.15) is 0 Å². The first-order chi connectivity index (χ1) is 9.23. The monoisotopic (exact) mass is 273 g/mol. The second-order valence-electron chi connectivity index (χ2n) is 4.72. The third-order valence-electron chi connectivity index (χ3n) is 3.89. The molecule has 0 saturated carbocycles. The van der Waals surface area contributed by atoms with Crippen LogP contribution in [0.1, 0.15) is 37.1 Å². The summed E-state index contributed by atoms with van der Waals surface area (Å²) in [4.78, 5) is 17.9. The second kappa shape index (κ2) is 6.11. The van der Waals surface area contributed by atoms with Crippen LogP contribution >= 0.6 is 11.3 Å². The molecule has 2 rings (SSSR count). The number of carbonyl (C=O) groups excluding carboxylic acids is 1. The normalized spacial score (nSPS) is 11.5. The highest BCUT2D eigenvalue weighted by atomic mass is 32.1. The lowest BCUT2D eigenvalue weighted by molar-refractivity contribution is -0.124. The van der Waals surface area contributed by atoms with Crippen molar-refractivity contribution < 1.29 is 4.79 Å². The van der Waals surface area contributed by atoms with Crippen LogP contribution in [0.2, 0.25) is 0 Å². The fraction of sp³-hybridized carbons (Fsp3) is 0.375. The van der Waals surface area contributed by atoms with E-state index in [1.165, 1.54) is 0 Å². The van der Waals surface area contributed by atoms with Gasteiger partial charge in [0.15, 0.2) is 0 Å². The number of aromatic nitrogens is 1. The fourth-order valence-corrected chi connectivity index (χ4v) is 3.22. The van der Waals surface area contributed by atoms with Gasteiger partial charge < -0.3 is 0 Å². The molecule has 3 heteroatoms. The van der Waals surface area contributed by atoms with Gasteiger partial charge in [0.25, 0.3) is 0 Å². The molecule has 100 valence electrons. The van der Waals surface area contributed by atoms with E-state index in [9.17, 15) is 4.79 Å². The summed E-state index contributed by atoms with van der Waals surface area (Å²) in [5.41, 5.74) is 2.56. The molecule has 2 aromatic rings. The average molecular weight is 273 g/mol. The fourth-order valence-electron chi connectivity index (χ4n) is 2.63. The zero-order valence-electron chi connectivity index (χ0n) is 11.4. The molecule has 0 N–H and O–H groups in total. The van der Waals surface area contributed by atoms with Crippen LogP contribution in [0.5, 0.6) is 0 Å². The van der Waals surface area contributed by atoms with Crippen molar-refractivity contribution in [3.05, 3.63) is 52.5 Å². The second-order valence-corrected chi connectivity index (χ2v) is 5.69. The largest absolute Gasteiger partial charge is 0.298 e. The van der Waals surface area contributed by atoms with Crippen molar-refractivity contribution in [3.8, 4) is 0 Å². The number of ketones is 1. The molecule has 19 heavy (non-hydrogen) atoms. The third kappa shape index (κ3) is 2.76. The van der Waals surface area contributed by atoms with Crippen LogP contribution in [0.15, 0.2) is 42.0 Å². The number of nitrogens with zero attached hydrogens (tertiary/aromatic N) is 1. The van der Waals surface area contributed by atoms with Crippen LogP contribution < -0.4 is 0 Å². The summed E-state index contributed by atoms with van der Waals surface area (Å²) in [6.45, 7) is 4.20. The molecule has 0 saturated heterocycles. The lowest BCUT2D eigenvalue weighted by atomic mass is 9.71. The van der Waals surface area contributed by atoms with E-state index in [0.29, 0.717) is 12.2 Å². The molecule has 0 atom stereocenters. The Bertz CT molecular complexity index is 515. The number of Topliss-reactive ketones (excluding diaryl/α,β-unsaturated/α-hetero) is 1. The van der Waals surface area contributed by atoms with Crippen molar-refractivity contribution >= 4 is 17.1 Å². The molecular formula is C16H19NOS. The molecule has 0 amide bonds. The van der Waals surface area contributed by atoms with Crippen LogP contribution in [0.4, 0.5) is 0 Å². The van der Waals surface area contributed by atoms with E-state index < -0.39 is 0 Å². The first-order valence-electron chi connectivity index (χ1n) is 6.69. The highest BCUT2D eigenvalue weighted by molar-refractivity contribution is 7.09. The standard InChI is InChI=1S/C16H19NOS/c1-3-16(4-2,13-8-6-5-7-9-13)15(18)10-14-11-17-12-19-14/h5-9,11-12H,3-4,10H2,1-2H3. The SMILES string of the molecule is CCC(CC)(C(=O)Cc1cncs1)c1ccccc1. The molecule has 0 aliphatic carbocycles. The maximum Gasteiger partial charge on any atom is 0.148 e. The Kier molecular flexibility index (Phi) is 4.48. The zero-order chi connectivity index (χ0) is 13.7. The molecule has 1 heterocycles. The quantitative estimate of drug-likeness (QED) is 0.796. The summed E-state index contributed by atoms with van der Waals surface area (Å²) in [7, 11) is 0. The average Bonchev–Trinajstić information content (AvgIpc) is 2.95. The number of benzene rings is 1. The molecule has 0 aliphatic rings. The van der Waals surface area contributed by atoms with Crippen LogP contribution in [0.3, 0.4) is 0 Å². The van der Waals surface area contributed by atoms with Gasteiger partial charge in [0.05, 0.1) is 10.9 Å². The first kappa shape index (κ1) is 13.9. The Balaban J connectivity index is 2.31. The van der Waals surface area contributed by atoms with Gasteiger partial charge in [0, 0.05) is 17.5 Å². The van der Waals surface area contributed by atoms with Gasteiger partial charge in [0.1, 0.15) is 5.78 Å². The van der Waals surface area contributed by atoms with E-state index in [0.717, 1.165) is 23.3 Å². The van der Waals surface area contributed by atoms with E-state index >= 15 is 0 Å². The molecule has 0 radical (unpaired) electrons. The summed E-state index contributed by atoms with van der Waals surface area (Å²) < 4.78 is 0. The summed E-state index contributed by atoms with van der Waals surface area (Å²) in [6, 6.07) is 10.1. The smallest absolute Gasteiger partial charge is 0.148 e. The molecule has 0 fully saturated rings. The van der Waals surface area contributed by atoms with Crippen molar-refractivity contribution in [2.75, 3.05) is 0 Å². The Hall–Kier alpha value is -1.48. The Morgan fingerprint density at radius 3 is 2.42 bits per heavy atom. The number of carbonyl (C=O) groups is 1. The maximum atomic E-state index is 12.8. The summed E-state index contributed by atoms with van der Waals surface area (Å²) in [5, 5.41) is 0. The number of hydrogen-bond donors (Lipinski definition) is 0. The maximum absolute atomic E-state index is 12.8. The highest BCUT2D eigenvalue weighted by Crippen LogP contribution is 2.34. The van der Waals surface area contributed by atoms with E-state index in [4.69, 9.17) is 0 Å². The highest BCUT2D eigenvalue weighted by Gasteiger charge is 2.36. The van der Waals surface area contributed by atoms with Gasteiger partial charge in [-0.05, 0) is 18.4 Å². The Morgan fingerprint density at radius 2 is 1.89 bits per heavy atom. The predicted molar refractivity (Wildman–Crippen MR) is 79.5 cm³/mol. The van der Waals surface area contributed by atoms with Crippen molar-refractivity contribution in [2.24, 2.45) is 0 Å². The number of rotatable bonds is 6. The number of hydrogen-bond acceptors (Lipinski definition) is 3. The van der Waals surface area contributed by atoms with Gasteiger partial charge >= 0.3 is 0 Å². The molecule has 0 spiro atoms. The van der Waals surface area contributed by atoms with E-state index in [-0.39, 0.29) is 5.41 Å². The first-order valence-corrected chi connectivity index (χ1v) is 7.57. The van der Waals surface area contributed by atoms with Gasteiger partial charge in [0.2, 0.25) is 0 Å². The molecule has 0 bridgehead atoms. The molecule has 0 aliphatic heterocycles. The minimum absolute atomic E-state index is 0.299. The van der Waals surface area contributed by atoms with Crippen molar-refractivity contribution in [3.63, 3.8) is 0 Å². The Morgan fingerprint density at radius 1 is 1.21 bits per heavy atom. The number of thiazole rings is 1. The lowest BCUT2D eigenvalue weighted by Gasteiger charge is -2.30. The van der Waals surface area contributed by atoms with Gasteiger partial charge in [-0.15, -0.1) is 11.3 Å². The summed E-state index contributed by atoms with van der Waals surface area (Å²) in [5.74, 6) is 0.299. The topological polar surface area (TPSA) is 30.0 Å². The van der Waals surface area contributed by atoms with Crippen molar-refractivity contribution in [1.29, 1.82) is 0 Å². The van der Waals surface area contributed by atoms with Crippen LogP contribution in [-0.2, 0) is 16.6 Å². The minimum Gasteiger partial charge on any atom is -0.298 e. The van der Waals surface area contributed by atoms with Crippen LogP contribution in [0, 0.1) is 0 Å². The molecule has 2 nitrogen and oxygen atoms in total. The van der Waals surface area contributed by atoms with E-state index in [1.54, 1.807) is 23.0 Å². The third-order valence-corrected chi connectivity index (χ3v) is 4.67. The summed E-state index contributed by atoms with van der Waals surface area (Å²) in [6.07, 6.45) is 3.96.